The average Bonchev–Trinajstić information content (AvgIpc) is 3.43. The van der Waals surface area contributed by atoms with Crippen molar-refractivity contribution >= 4 is 34.3 Å². The quantitative estimate of drug-likeness (QED) is 0.269. The molecule has 1 aliphatic rings. The zero-order valence-corrected chi connectivity index (χ0v) is 15.3. The fraction of sp³-hybridized carbons (Fsp3) is 0.278. The largest absolute Gasteiger partial charge is 0.409 e. The van der Waals surface area contributed by atoms with Crippen LogP contribution in [0.2, 0.25) is 5.02 Å². The zero-order chi connectivity index (χ0) is 19.0. The number of fused-ring (bicyclic) bond motifs is 1. The Morgan fingerprint density at radius 3 is 2.96 bits per heavy atom. The van der Waals surface area contributed by atoms with E-state index in [0.717, 1.165) is 5.82 Å². The van der Waals surface area contributed by atoms with Crippen molar-refractivity contribution in [1.82, 2.24) is 19.9 Å². The molecule has 0 unspecified atom stereocenters. The summed E-state index contributed by atoms with van der Waals surface area (Å²) < 4.78 is 13.4. The number of aromatic nitrogens is 3. The van der Waals surface area contributed by atoms with E-state index >= 15 is 0 Å². The summed E-state index contributed by atoms with van der Waals surface area (Å²) in [7, 11) is 2.07. The summed E-state index contributed by atoms with van der Waals surface area (Å²) in [6.07, 6.45) is 4.03. The Hall–Kier alpha value is -2.71. The highest BCUT2D eigenvalue weighted by molar-refractivity contribution is 6.31. The first-order valence-corrected chi connectivity index (χ1v) is 8.91. The van der Waals surface area contributed by atoms with E-state index < -0.39 is 5.82 Å². The molecule has 3 N–H and O–H groups in total. The molecule has 140 valence electrons. The normalized spacial score (nSPS) is 14.9. The van der Waals surface area contributed by atoms with E-state index in [2.05, 4.69) is 37.4 Å². The van der Waals surface area contributed by atoms with E-state index in [1.165, 1.54) is 31.0 Å². The van der Waals surface area contributed by atoms with Crippen LogP contribution < -0.4 is 5.32 Å². The average molecular weight is 389 g/mol. The van der Waals surface area contributed by atoms with Crippen molar-refractivity contribution in [2.75, 3.05) is 12.4 Å². The van der Waals surface area contributed by atoms with Crippen LogP contribution in [0.25, 0.3) is 11.2 Å². The number of imidazole rings is 1. The molecule has 9 heteroatoms. The number of amidine groups is 1. The minimum absolute atomic E-state index is 0.0256. The Labute approximate surface area is 159 Å². The predicted molar refractivity (Wildman–Crippen MR) is 102 cm³/mol. The standard InChI is InChI=1S/C18H18ClFN6O/c1-26(11-3-4-11)9-15-23-16-12(6-7-21-18(16)24-15)17(25-27)22-10-2-5-14(20)13(19)8-10/h2,5-8,11,27H,3-4,9H2,1H3,(H,22,25)(H,21,23,24). The van der Waals surface area contributed by atoms with Gasteiger partial charge in [0, 0.05) is 17.9 Å². The van der Waals surface area contributed by atoms with Crippen molar-refractivity contribution in [3.63, 3.8) is 0 Å². The van der Waals surface area contributed by atoms with Crippen molar-refractivity contribution in [3.05, 3.63) is 52.7 Å². The van der Waals surface area contributed by atoms with Gasteiger partial charge in [0.15, 0.2) is 11.5 Å². The van der Waals surface area contributed by atoms with Crippen LogP contribution in [-0.4, -0.2) is 44.0 Å². The number of aromatic amines is 1. The maximum Gasteiger partial charge on any atom is 0.179 e. The molecule has 1 aliphatic carbocycles. The van der Waals surface area contributed by atoms with Crippen LogP contribution in [-0.2, 0) is 6.54 Å². The van der Waals surface area contributed by atoms with Gasteiger partial charge in [0.2, 0.25) is 0 Å². The van der Waals surface area contributed by atoms with Gasteiger partial charge >= 0.3 is 0 Å². The first-order chi connectivity index (χ1) is 13.0. The van der Waals surface area contributed by atoms with E-state index in [1.807, 2.05) is 0 Å². The summed E-state index contributed by atoms with van der Waals surface area (Å²) in [4.78, 5) is 14.4. The van der Waals surface area contributed by atoms with E-state index in [9.17, 15) is 9.60 Å². The van der Waals surface area contributed by atoms with Crippen molar-refractivity contribution in [1.29, 1.82) is 0 Å². The second kappa shape index (κ2) is 7.13. The number of hydrogen-bond acceptors (Lipinski definition) is 5. The molecule has 7 nitrogen and oxygen atoms in total. The third-order valence-electron chi connectivity index (χ3n) is 4.54. The first kappa shape index (κ1) is 17.7. The topological polar surface area (TPSA) is 89.4 Å². The summed E-state index contributed by atoms with van der Waals surface area (Å²) in [5.74, 6) is 0.438. The number of anilines is 1. The highest BCUT2D eigenvalue weighted by atomic mass is 35.5. The van der Waals surface area contributed by atoms with Crippen LogP contribution in [0.5, 0.6) is 0 Å². The summed E-state index contributed by atoms with van der Waals surface area (Å²) >= 11 is 5.81. The summed E-state index contributed by atoms with van der Waals surface area (Å²) in [6, 6.07) is 6.48. The van der Waals surface area contributed by atoms with E-state index in [0.29, 0.717) is 35.0 Å². The fourth-order valence-corrected chi connectivity index (χ4v) is 3.14. The van der Waals surface area contributed by atoms with Crippen LogP contribution >= 0.6 is 11.6 Å². The minimum Gasteiger partial charge on any atom is -0.409 e. The van der Waals surface area contributed by atoms with Gasteiger partial charge in [-0.2, -0.15) is 0 Å². The van der Waals surface area contributed by atoms with Crippen LogP contribution in [0.4, 0.5) is 10.1 Å². The lowest BCUT2D eigenvalue weighted by molar-refractivity contribution is 0.309. The number of halogens is 2. The van der Waals surface area contributed by atoms with Gasteiger partial charge in [-0.15, -0.1) is 0 Å². The number of rotatable bonds is 5. The molecule has 1 saturated carbocycles. The maximum absolute atomic E-state index is 13.4. The summed E-state index contributed by atoms with van der Waals surface area (Å²) in [6.45, 7) is 0.688. The van der Waals surface area contributed by atoms with Crippen LogP contribution in [0.1, 0.15) is 24.2 Å². The molecule has 0 saturated heterocycles. The van der Waals surface area contributed by atoms with Crippen molar-refractivity contribution in [3.8, 4) is 0 Å². The first-order valence-electron chi connectivity index (χ1n) is 8.53. The number of H-pyrrole nitrogens is 1. The second-order valence-corrected chi connectivity index (χ2v) is 7.00. The van der Waals surface area contributed by atoms with Gasteiger partial charge < -0.3 is 15.5 Å². The molecule has 1 aromatic carbocycles. The predicted octanol–water partition coefficient (Wildman–Crippen LogP) is 3.59. The van der Waals surface area contributed by atoms with Crippen molar-refractivity contribution in [2.24, 2.45) is 5.16 Å². The zero-order valence-electron chi connectivity index (χ0n) is 14.6. The van der Waals surface area contributed by atoms with E-state index in [4.69, 9.17) is 11.6 Å². The highest BCUT2D eigenvalue weighted by Crippen LogP contribution is 2.27. The van der Waals surface area contributed by atoms with Crippen LogP contribution in [0.15, 0.2) is 35.6 Å². The third-order valence-corrected chi connectivity index (χ3v) is 4.83. The molecule has 0 aliphatic heterocycles. The summed E-state index contributed by atoms with van der Waals surface area (Å²) in [5, 5.41) is 15.8. The Morgan fingerprint density at radius 1 is 1.44 bits per heavy atom. The Bertz CT molecular complexity index is 1020. The number of pyridine rings is 1. The van der Waals surface area contributed by atoms with Crippen LogP contribution in [0.3, 0.4) is 0 Å². The molecule has 2 aromatic heterocycles. The van der Waals surface area contributed by atoms with Crippen molar-refractivity contribution < 1.29 is 9.60 Å². The maximum atomic E-state index is 13.4. The van der Waals surface area contributed by atoms with E-state index in [-0.39, 0.29) is 10.9 Å². The van der Waals surface area contributed by atoms with Gasteiger partial charge in [-0.3, -0.25) is 4.90 Å². The monoisotopic (exact) mass is 388 g/mol. The number of oxime groups is 1. The summed E-state index contributed by atoms with van der Waals surface area (Å²) in [5.41, 5.74) is 2.25. The molecule has 0 amide bonds. The molecule has 1 fully saturated rings. The minimum atomic E-state index is -0.521. The Kier molecular flexibility index (Phi) is 4.67. The van der Waals surface area contributed by atoms with Crippen molar-refractivity contribution in [2.45, 2.75) is 25.4 Å². The molecule has 0 radical (unpaired) electrons. The molecule has 3 aromatic rings. The molecule has 27 heavy (non-hydrogen) atoms. The number of hydrogen-bond donors (Lipinski definition) is 3. The molecule has 0 spiro atoms. The molecular weight excluding hydrogens is 371 g/mol. The van der Waals surface area contributed by atoms with Gasteiger partial charge in [0.1, 0.15) is 17.2 Å². The fourth-order valence-electron chi connectivity index (χ4n) is 2.96. The smallest absolute Gasteiger partial charge is 0.179 e. The van der Waals surface area contributed by atoms with Crippen LogP contribution in [0, 0.1) is 5.82 Å². The van der Waals surface area contributed by atoms with Gasteiger partial charge in [-0.1, -0.05) is 16.8 Å². The second-order valence-electron chi connectivity index (χ2n) is 6.59. The number of nitrogens with one attached hydrogen (secondary N) is 2. The lowest BCUT2D eigenvalue weighted by Gasteiger charge is -2.12. The van der Waals surface area contributed by atoms with E-state index in [1.54, 1.807) is 12.3 Å². The molecule has 2 heterocycles. The molecular formula is C18H18ClFN6O. The molecule has 0 atom stereocenters. The van der Waals surface area contributed by atoms with Gasteiger partial charge in [-0.25, -0.2) is 14.4 Å². The van der Waals surface area contributed by atoms with Gasteiger partial charge in [-0.05, 0) is 44.2 Å². The third kappa shape index (κ3) is 3.72. The lowest BCUT2D eigenvalue weighted by Crippen LogP contribution is -2.20. The Balaban J connectivity index is 1.64. The van der Waals surface area contributed by atoms with Gasteiger partial charge in [0.05, 0.1) is 17.1 Å². The number of nitrogens with zero attached hydrogens (tertiary/aromatic N) is 4. The molecule has 4 rings (SSSR count). The number of benzene rings is 1. The Morgan fingerprint density at radius 2 is 2.26 bits per heavy atom. The molecule has 0 bridgehead atoms. The lowest BCUT2D eigenvalue weighted by atomic mass is 10.2. The SMILES string of the molecule is CN(Cc1nc2c(/C(=N/O)Nc3ccc(F)c(Cl)c3)ccnc2[nH]1)C1CC1. The highest BCUT2D eigenvalue weighted by Gasteiger charge is 2.26. The van der Waals surface area contributed by atoms with Gasteiger partial charge in [0.25, 0.3) is 0 Å².